The van der Waals surface area contributed by atoms with Gasteiger partial charge in [-0.05, 0) is 35.1 Å². The Hall–Kier alpha value is -2.23. The van der Waals surface area contributed by atoms with Crippen molar-refractivity contribution in [3.05, 3.63) is 63.6 Å². The molecule has 4 nitrogen and oxygen atoms in total. The Morgan fingerprint density at radius 3 is 2.67 bits per heavy atom. The van der Waals surface area contributed by atoms with E-state index in [4.69, 9.17) is 16.0 Å². The molecule has 0 amide bonds. The molecule has 7 heteroatoms. The van der Waals surface area contributed by atoms with E-state index < -0.39 is 22.8 Å². The number of rotatable bonds is 3. The normalized spacial score (nSPS) is 11.0. The third-order valence-corrected chi connectivity index (χ3v) is 4.40. The second kappa shape index (κ2) is 6.34. The molecule has 1 unspecified atom stereocenters. The van der Waals surface area contributed by atoms with Gasteiger partial charge >= 0.3 is 5.97 Å². The lowest BCUT2D eigenvalue weighted by molar-refractivity contribution is 0.0694. The molecule has 122 valence electrons. The minimum absolute atomic E-state index is 0.131. The molecule has 24 heavy (non-hydrogen) atoms. The molecule has 0 spiro atoms. The molecule has 0 aliphatic heterocycles. The Morgan fingerprint density at radius 2 is 2.00 bits per heavy atom. The molecule has 3 aromatic rings. The van der Waals surface area contributed by atoms with Gasteiger partial charge in [0.2, 0.25) is 5.43 Å². The third-order valence-electron chi connectivity index (χ3n) is 3.58. The molecular weight excluding hydrogens is 354 g/mol. The Kier molecular flexibility index (Phi) is 4.39. The van der Waals surface area contributed by atoms with Crippen molar-refractivity contribution in [1.82, 2.24) is 0 Å². The molecule has 1 N–H and O–H groups in total. The highest BCUT2D eigenvalue weighted by atomic mass is 35.5. The molecule has 0 bridgehead atoms. The molecular formula is C17H11ClFO4P. The number of alkyl halides is 1. The van der Waals surface area contributed by atoms with E-state index in [2.05, 4.69) is 9.24 Å². The van der Waals surface area contributed by atoms with Crippen LogP contribution in [-0.2, 0) is 5.88 Å². The van der Waals surface area contributed by atoms with Crippen molar-refractivity contribution in [3.8, 4) is 11.3 Å². The SMILES string of the molecule is O=C(O)c1c(-c2cc(F)ccc2P)oc2cc(CCl)ccc2c1=O. The van der Waals surface area contributed by atoms with Crippen molar-refractivity contribution in [2.24, 2.45) is 0 Å². The topological polar surface area (TPSA) is 67.5 Å². The molecule has 1 atom stereocenters. The van der Waals surface area contributed by atoms with Gasteiger partial charge in [0.25, 0.3) is 0 Å². The van der Waals surface area contributed by atoms with Gasteiger partial charge in [-0.1, -0.05) is 12.1 Å². The van der Waals surface area contributed by atoms with Crippen LogP contribution in [0.15, 0.2) is 45.6 Å². The number of benzene rings is 2. The molecule has 0 saturated heterocycles. The number of aromatic carboxylic acids is 1. The smallest absolute Gasteiger partial charge is 0.343 e. The monoisotopic (exact) mass is 364 g/mol. The molecule has 0 fully saturated rings. The summed E-state index contributed by atoms with van der Waals surface area (Å²) in [5.41, 5.74) is -0.116. The Morgan fingerprint density at radius 1 is 1.25 bits per heavy atom. The average molecular weight is 365 g/mol. The number of carboxylic acids is 1. The minimum atomic E-state index is -1.43. The summed E-state index contributed by atoms with van der Waals surface area (Å²) in [6, 6.07) is 8.49. The van der Waals surface area contributed by atoms with Crippen LogP contribution in [0.1, 0.15) is 15.9 Å². The maximum absolute atomic E-state index is 13.6. The van der Waals surface area contributed by atoms with Crippen molar-refractivity contribution in [2.45, 2.75) is 5.88 Å². The molecule has 0 saturated carbocycles. The van der Waals surface area contributed by atoms with Gasteiger partial charge in [0.1, 0.15) is 11.4 Å². The lowest BCUT2D eigenvalue weighted by atomic mass is 10.0. The Balaban J connectivity index is 2.45. The first-order chi connectivity index (χ1) is 11.4. The summed E-state index contributed by atoms with van der Waals surface area (Å²) < 4.78 is 19.3. The van der Waals surface area contributed by atoms with E-state index in [1.165, 1.54) is 18.2 Å². The highest BCUT2D eigenvalue weighted by molar-refractivity contribution is 7.28. The predicted octanol–water partition coefficient (Wildman–Crippen LogP) is 3.54. The second-order valence-corrected chi connectivity index (χ2v) is 6.03. The van der Waals surface area contributed by atoms with Crippen LogP contribution in [0, 0.1) is 5.82 Å². The van der Waals surface area contributed by atoms with Gasteiger partial charge in [0, 0.05) is 11.4 Å². The zero-order chi connectivity index (χ0) is 17.4. The maximum Gasteiger partial charge on any atom is 0.343 e. The standard InChI is InChI=1S/C17H11ClFO4P/c18-7-8-1-3-10-12(5-8)23-16(14(15(10)20)17(21)22)11-6-9(19)2-4-13(11)24/h1-6H,7,24H2,(H,21,22). The summed E-state index contributed by atoms with van der Waals surface area (Å²) in [6.45, 7) is 0. The van der Waals surface area contributed by atoms with Crippen molar-refractivity contribution in [2.75, 3.05) is 0 Å². The van der Waals surface area contributed by atoms with E-state index in [0.29, 0.717) is 10.9 Å². The number of halogens is 2. The minimum Gasteiger partial charge on any atom is -0.477 e. The van der Waals surface area contributed by atoms with Crippen LogP contribution >= 0.6 is 20.8 Å². The molecule has 0 aliphatic carbocycles. The van der Waals surface area contributed by atoms with Crippen molar-refractivity contribution in [3.63, 3.8) is 0 Å². The van der Waals surface area contributed by atoms with Crippen LogP contribution in [0.5, 0.6) is 0 Å². The molecule has 0 radical (unpaired) electrons. The van der Waals surface area contributed by atoms with Crippen LogP contribution < -0.4 is 10.7 Å². The first kappa shape index (κ1) is 16.6. The number of hydrogen-bond donors (Lipinski definition) is 1. The predicted molar refractivity (Wildman–Crippen MR) is 93.7 cm³/mol. The average Bonchev–Trinajstić information content (AvgIpc) is 2.55. The van der Waals surface area contributed by atoms with Crippen LogP contribution in [0.4, 0.5) is 4.39 Å². The number of carboxylic acid groups (broad SMARTS) is 1. The van der Waals surface area contributed by atoms with Crippen molar-refractivity contribution >= 4 is 43.1 Å². The van der Waals surface area contributed by atoms with E-state index in [-0.39, 0.29) is 28.2 Å². The largest absolute Gasteiger partial charge is 0.477 e. The molecule has 3 rings (SSSR count). The summed E-state index contributed by atoms with van der Waals surface area (Å²) in [6.07, 6.45) is 0. The Bertz CT molecular complexity index is 1030. The van der Waals surface area contributed by atoms with Gasteiger partial charge < -0.3 is 9.52 Å². The van der Waals surface area contributed by atoms with E-state index in [1.807, 2.05) is 0 Å². The first-order valence-corrected chi connectivity index (χ1v) is 7.98. The fourth-order valence-electron chi connectivity index (χ4n) is 2.43. The van der Waals surface area contributed by atoms with Crippen molar-refractivity contribution in [1.29, 1.82) is 0 Å². The number of fused-ring (bicyclic) bond motifs is 1. The quantitative estimate of drug-likeness (QED) is 0.570. The van der Waals surface area contributed by atoms with Crippen LogP contribution in [-0.4, -0.2) is 11.1 Å². The summed E-state index contributed by atoms with van der Waals surface area (Å²) in [4.78, 5) is 24.2. The number of carbonyl (C=O) groups is 1. The van der Waals surface area contributed by atoms with Gasteiger partial charge in [0.15, 0.2) is 11.3 Å². The van der Waals surface area contributed by atoms with E-state index in [1.54, 1.807) is 12.1 Å². The van der Waals surface area contributed by atoms with Crippen LogP contribution in [0.3, 0.4) is 0 Å². The van der Waals surface area contributed by atoms with Gasteiger partial charge in [-0.3, -0.25) is 4.79 Å². The zero-order valence-corrected chi connectivity index (χ0v) is 14.1. The van der Waals surface area contributed by atoms with E-state index in [9.17, 15) is 19.1 Å². The maximum atomic E-state index is 13.6. The van der Waals surface area contributed by atoms with Gasteiger partial charge in [-0.25, -0.2) is 9.18 Å². The first-order valence-electron chi connectivity index (χ1n) is 6.86. The van der Waals surface area contributed by atoms with Gasteiger partial charge in [-0.2, -0.15) is 0 Å². The van der Waals surface area contributed by atoms with Crippen molar-refractivity contribution < 1.29 is 18.7 Å². The van der Waals surface area contributed by atoms with Crippen LogP contribution in [0.25, 0.3) is 22.3 Å². The van der Waals surface area contributed by atoms with E-state index in [0.717, 1.165) is 6.07 Å². The Labute approximate surface area is 143 Å². The van der Waals surface area contributed by atoms with Crippen LogP contribution in [0.2, 0.25) is 0 Å². The fraction of sp³-hybridized carbons (Fsp3) is 0.0588. The van der Waals surface area contributed by atoms with E-state index >= 15 is 0 Å². The molecule has 1 aromatic heterocycles. The highest BCUT2D eigenvalue weighted by Crippen LogP contribution is 2.27. The molecule has 0 aliphatic rings. The fourth-order valence-corrected chi connectivity index (χ4v) is 2.91. The number of hydrogen-bond acceptors (Lipinski definition) is 3. The summed E-state index contributed by atoms with van der Waals surface area (Å²) in [5.74, 6) is -1.97. The third kappa shape index (κ3) is 2.81. The van der Waals surface area contributed by atoms with Gasteiger partial charge in [0.05, 0.1) is 5.39 Å². The second-order valence-electron chi connectivity index (χ2n) is 5.14. The lowest BCUT2D eigenvalue weighted by Crippen LogP contribution is -2.18. The summed E-state index contributed by atoms with van der Waals surface area (Å²) >= 11 is 5.78. The molecule has 1 heterocycles. The highest BCUT2D eigenvalue weighted by Gasteiger charge is 2.23. The zero-order valence-electron chi connectivity index (χ0n) is 12.2. The lowest BCUT2D eigenvalue weighted by Gasteiger charge is -2.10. The summed E-state index contributed by atoms with van der Waals surface area (Å²) in [5, 5.41) is 10.1. The molecule has 2 aromatic carbocycles. The summed E-state index contributed by atoms with van der Waals surface area (Å²) in [7, 11) is 2.37. The van der Waals surface area contributed by atoms with Gasteiger partial charge in [-0.15, -0.1) is 20.8 Å².